The van der Waals surface area contributed by atoms with Crippen LogP contribution in [0.25, 0.3) is 0 Å². The van der Waals surface area contributed by atoms with E-state index in [9.17, 15) is 0 Å². The Morgan fingerprint density at radius 3 is 2.50 bits per heavy atom. The van der Waals surface area contributed by atoms with Gasteiger partial charge in [-0.05, 0) is 36.8 Å². The molecule has 1 atom stereocenters. The van der Waals surface area contributed by atoms with Crippen LogP contribution in [0.1, 0.15) is 37.5 Å². The first-order chi connectivity index (χ1) is 6.34. The van der Waals surface area contributed by atoms with Crippen LogP contribution in [0.15, 0.2) is 18.2 Å². The molecule has 0 aliphatic heterocycles. The number of fused-ring (bicyclic) bond motifs is 1. The second-order valence-electron chi connectivity index (χ2n) is 5.42. The molecule has 1 aliphatic rings. The molecule has 0 spiro atoms. The van der Waals surface area contributed by atoms with Crippen molar-refractivity contribution in [3.8, 4) is 0 Å². The molecule has 1 aliphatic carbocycles. The van der Waals surface area contributed by atoms with E-state index in [4.69, 9.17) is 5.73 Å². The SMILES string of the molecule is Cc1ccc2c(c1)C(C)(N)C(C)(C)C2. The molecule has 2 rings (SSSR count). The van der Waals surface area contributed by atoms with E-state index in [1.165, 1.54) is 16.7 Å². The minimum Gasteiger partial charge on any atom is -0.321 e. The summed E-state index contributed by atoms with van der Waals surface area (Å²) in [7, 11) is 0. The van der Waals surface area contributed by atoms with Gasteiger partial charge in [0, 0.05) is 5.54 Å². The number of rotatable bonds is 0. The smallest absolute Gasteiger partial charge is 0.0438 e. The van der Waals surface area contributed by atoms with Gasteiger partial charge in [-0.3, -0.25) is 0 Å². The summed E-state index contributed by atoms with van der Waals surface area (Å²) in [6.45, 7) is 8.78. The Labute approximate surface area is 86.3 Å². The van der Waals surface area contributed by atoms with Crippen molar-refractivity contribution in [3.63, 3.8) is 0 Å². The standard InChI is InChI=1S/C13H19N/c1-9-5-6-10-8-12(2,3)13(4,14)11(10)7-9/h5-7H,8,14H2,1-4H3. The minimum atomic E-state index is -0.186. The van der Waals surface area contributed by atoms with E-state index in [2.05, 4.69) is 45.9 Å². The molecule has 0 saturated carbocycles. The molecule has 0 fully saturated rings. The van der Waals surface area contributed by atoms with Crippen molar-refractivity contribution in [2.45, 2.75) is 39.7 Å². The van der Waals surface area contributed by atoms with Crippen LogP contribution < -0.4 is 5.73 Å². The van der Waals surface area contributed by atoms with Crippen molar-refractivity contribution in [1.29, 1.82) is 0 Å². The van der Waals surface area contributed by atoms with Crippen LogP contribution in [0.4, 0.5) is 0 Å². The normalized spacial score (nSPS) is 28.9. The molecule has 2 N–H and O–H groups in total. The highest BCUT2D eigenvalue weighted by molar-refractivity contribution is 5.43. The third-order valence-corrected chi connectivity index (χ3v) is 3.86. The first-order valence-electron chi connectivity index (χ1n) is 5.23. The molecule has 1 aromatic carbocycles. The van der Waals surface area contributed by atoms with E-state index in [0.717, 1.165) is 6.42 Å². The van der Waals surface area contributed by atoms with Gasteiger partial charge in [-0.1, -0.05) is 37.6 Å². The van der Waals surface area contributed by atoms with E-state index in [1.807, 2.05) is 0 Å². The zero-order valence-electron chi connectivity index (χ0n) is 9.52. The van der Waals surface area contributed by atoms with Crippen molar-refractivity contribution in [2.24, 2.45) is 11.1 Å². The van der Waals surface area contributed by atoms with E-state index >= 15 is 0 Å². The Morgan fingerprint density at radius 2 is 1.86 bits per heavy atom. The zero-order valence-corrected chi connectivity index (χ0v) is 9.52. The predicted octanol–water partition coefficient (Wildman–Crippen LogP) is 2.75. The number of aryl methyl sites for hydroxylation is 1. The van der Waals surface area contributed by atoms with Gasteiger partial charge in [0.15, 0.2) is 0 Å². The maximum absolute atomic E-state index is 6.44. The molecule has 1 heteroatoms. The van der Waals surface area contributed by atoms with E-state index in [1.54, 1.807) is 0 Å². The van der Waals surface area contributed by atoms with Gasteiger partial charge < -0.3 is 5.73 Å². The third-order valence-electron chi connectivity index (χ3n) is 3.86. The van der Waals surface area contributed by atoms with Crippen LogP contribution in [0, 0.1) is 12.3 Å². The maximum Gasteiger partial charge on any atom is 0.0438 e. The second-order valence-corrected chi connectivity index (χ2v) is 5.42. The lowest BCUT2D eigenvalue weighted by atomic mass is 9.75. The van der Waals surface area contributed by atoms with Crippen molar-refractivity contribution < 1.29 is 0 Å². The van der Waals surface area contributed by atoms with Gasteiger partial charge in [-0.2, -0.15) is 0 Å². The molecule has 0 radical (unpaired) electrons. The lowest BCUT2D eigenvalue weighted by molar-refractivity contribution is 0.211. The van der Waals surface area contributed by atoms with Crippen LogP contribution >= 0.6 is 0 Å². The minimum absolute atomic E-state index is 0.170. The summed E-state index contributed by atoms with van der Waals surface area (Å²) >= 11 is 0. The fourth-order valence-corrected chi connectivity index (χ4v) is 2.35. The zero-order chi connectivity index (χ0) is 10.6. The summed E-state index contributed by atoms with van der Waals surface area (Å²) in [5, 5.41) is 0. The molecule has 76 valence electrons. The molecule has 0 heterocycles. The summed E-state index contributed by atoms with van der Waals surface area (Å²) < 4.78 is 0. The molecule has 0 bridgehead atoms. The predicted molar refractivity (Wildman–Crippen MR) is 60.2 cm³/mol. The van der Waals surface area contributed by atoms with Crippen LogP contribution in [0.3, 0.4) is 0 Å². The Hall–Kier alpha value is -0.820. The fraction of sp³-hybridized carbons (Fsp3) is 0.538. The van der Waals surface area contributed by atoms with Crippen molar-refractivity contribution in [3.05, 3.63) is 34.9 Å². The summed E-state index contributed by atoms with van der Waals surface area (Å²) in [5.41, 5.74) is 10.5. The Balaban J connectivity index is 2.62. The third kappa shape index (κ3) is 1.12. The van der Waals surface area contributed by atoms with E-state index < -0.39 is 0 Å². The van der Waals surface area contributed by atoms with Crippen molar-refractivity contribution in [2.75, 3.05) is 0 Å². The summed E-state index contributed by atoms with van der Waals surface area (Å²) in [6, 6.07) is 6.64. The van der Waals surface area contributed by atoms with Crippen molar-refractivity contribution >= 4 is 0 Å². The van der Waals surface area contributed by atoms with Gasteiger partial charge in [-0.25, -0.2) is 0 Å². The Kier molecular flexibility index (Phi) is 1.81. The van der Waals surface area contributed by atoms with Crippen molar-refractivity contribution in [1.82, 2.24) is 0 Å². The summed E-state index contributed by atoms with van der Waals surface area (Å²) in [6.07, 6.45) is 1.09. The average Bonchev–Trinajstić information content (AvgIpc) is 2.22. The Bertz CT molecular complexity index is 375. The lowest BCUT2D eigenvalue weighted by Crippen LogP contribution is -2.43. The maximum atomic E-state index is 6.44. The highest BCUT2D eigenvalue weighted by atomic mass is 14.8. The highest BCUT2D eigenvalue weighted by Gasteiger charge is 2.45. The first-order valence-corrected chi connectivity index (χ1v) is 5.23. The second kappa shape index (κ2) is 2.60. The fourth-order valence-electron chi connectivity index (χ4n) is 2.35. The quantitative estimate of drug-likeness (QED) is 0.667. The molecule has 0 amide bonds. The molecule has 1 nitrogen and oxygen atoms in total. The molecule has 1 aromatic rings. The topological polar surface area (TPSA) is 26.0 Å². The van der Waals surface area contributed by atoms with Gasteiger partial charge in [0.1, 0.15) is 0 Å². The first kappa shape index (κ1) is 9.72. The summed E-state index contributed by atoms with van der Waals surface area (Å²) in [4.78, 5) is 0. The molecular formula is C13H19N. The number of hydrogen-bond donors (Lipinski definition) is 1. The highest BCUT2D eigenvalue weighted by Crippen LogP contribution is 2.47. The van der Waals surface area contributed by atoms with Gasteiger partial charge >= 0.3 is 0 Å². The molecule has 14 heavy (non-hydrogen) atoms. The number of hydrogen-bond acceptors (Lipinski definition) is 1. The average molecular weight is 189 g/mol. The van der Waals surface area contributed by atoms with Crippen LogP contribution in [0.5, 0.6) is 0 Å². The Morgan fingerprint density at radius 1 is 1.21 bits per heavy atom. The van der Waals surface area contributed by atoms with Gasteiger partial charge in [-0.15, -0.1) is 0 Å². The monoisotopic (exact) mass is 189 g/mol. The van der Waals surface area contributed by atoms with Crippen LogP contribution in [-0.2, 0) is 12.0 Å². The largest absolute Gasteiger partial charge is 0.321 e. The molecule has 1 unspecified atom stereocenters. The molecule has 0 aromatic heterocycles. The van der Waals surface area contributed by atoms with Crippen LogP contribution in [0.2, 0.25) is 0 Å². The van der Waals surface area contributed by atoms with E-state index in [-0.39, 0.29) is 11.0 Å². The number of nitrogens with two attached hydrogens (primary N) is 1. The van der Waals surface area contributed by atoms with E-state index in [0.29, 0.717) is 0 Å². The molecule has 0 saturated heterocycles. The van der Waals surface area contributed by atoms with Crippen LogP contribution in [-0.4, -0.2) is 0 Å². The molecular weight excluding hydrogens is 170 g/mol. The lowest BCUT2D eigenvalue weighted by Gasteiger charge is -2.35. The van der Waals surface area contributed by atoms with Gasteiger partial charge in [0.2, 0.25) is 0 Å². The van der Waals surface area contributed by atoms with Gasteiger partial charge in [0.05, 0.1) is 0 Å². The number of benzene rings is 1. The summed E-state index contributed by atoms with van der Waals surface area (Å²) in [5.74, 6) is 0. The van der Waals surface area contributed by atoms with Gasteiger partial charge in [0.25, 0.3) is 0 Å².